The van der Waals surface area contributed by atoms with Crippen LogP contribution in [0, 0.1) is 0 Å². The number of guanidine groups is 1. The van der Waals surface area contributed by atoms with Crippen molar-refractivity contribution >= 4 is 51.4 Å². The van der Waals surface area contributed by atoms with E-state index in [4.69, 9.17) is 11.6 Å². The van der Waals surface area contributed by atoms with Gasteiger partial charge in [-0.3, -0.25) is 9.67 Å². The molecule has 7 nitrogen and oxygen atoms in total. The summed E-state index contributed by atoms with van der Waals surface area (Å²) in [5.74, 6) is 0.751. The molecule has 1 aromatic heterocycles. The molecule has 156 valence electrons. The molecular formula is C18H27ClIN5O2S. The van der Waals surface area contributed by atoms with Gasteiger partial charge in [0.15, 0.2) is 5.96 Å². The number of hydrogen-bond donors (Lipinski definition) is 2. The summed E-state index contributed by atoms with van der Waals surface area (Å²) in [5.41, 5.74) is 1.07. The molecule has 0 bridgehead atoms. The van der Waals surface area contributed by atoms with Gasteiger partial charge in [0.2, 0.25) is 0 Å². The van der Waals surface area contributed by atoms with Gasteiger partial charge in [-0.1, -0.05) is 23.7 Å². The number of benzene rings is 1. The SMILES string of the molecule is CN=C(NCC(c1ccc(Cl)cc1)n1cccn1)NC(C)CCS(C)(=O)=O.I. The molecule has 2 unspecified atom stereocenters. The summed E-state index contributed by atoms with van der Waals surface area (Å²) in [6.45, 7) is 2.49. The van der Waals surface area contributed by atoms with E-state index in [1.807, 2.05) is 48.1 Å². The number of aromatic nitrogens is 2. The van der Waals surface area contributed by atoms with Crippen molar-refractivity contribution in [1.29, 1.82) is 0 Å². The first-order valence-corrected chi connectivity index (χ1v) is 11.1. The van der Waals surface area contributed by atoms with Crippen LogP contribution in [0.25, 0.3) is 0 Å². The summed E-state index contributed by atoms with van der Waals surface area (Å²) < 4.78 is 24.5. The Morgan fingerprint density at radius 3 is 2.54 bits per heavy atom. The van der Waals surface area contributed by atoms with Gasteiger partial charge in [0.1, 0.15) is 9.84 Å². The number of sulfone groups is 1. The van der Waals surface area contributed by atoms with Crippen LogP contribution in [0.5, 0.6) is 0 Å². The van der Waals surface area contributed by atoms with E-state index in [2.05, 4.69) is 20.7 Å². The molecular weight excluding hydrogens is 513 g/mol. The Hall–Kier alpha value is -1.33. The lowest BCUT2D eigenvalue weighted by atomic mass is 10.1. The molecule has 2 rings (SSSR count). The molecule has 0 fully saturated rings. The summed E-state index contributed by atoms with van der Waals surface area (Å²) in [6.07, 6.45) is 5.40. The summed E-state index contributed by atoms with van der Waals surface area (Å²) >= 11 is 6.00. The molecule has 0 radical (unpaired) electrons. The smallest absolute Gasteiger partial charge is 0.191 e. The number of nitrogens with one attached hydrogen (secondary N) is 2. The molecule has 0 aliphatic carbocycles. The highest BCUT2D eigenvalue weighted by molar-refractivity contribution is 14.0. The van der Waals surface area contributed by atoms with Crippen molar-refractivity contribution < 1.29 is 8.42 Å². The molecule has 0 spiro atoms. The molecule has 10 heteroatoms. The number of rotatable bonds is 8. The predicted molar refractivity (Wildman–Crippen MR) is 126 cm³/mol. The van der Waals surface area contributed by atoms with Crippen molar-refractivity contribution in [2.75, 3.05) is 25.6 Å². The van der Waals surface area contributed by atoms with Crippen LogP contribution in [-0.2, 0) is 9.84 Å². The van der Waals surface area contributed by atoms with Gasteiger partial charge in [0.25, 0.3) is 0 Å². The van der Waals surface area contributed by atoms with Crippen LogP contribution in [0.2, 0.25) is 5.02 Å². The number of halogens is 2. The van der Waals surface area contributed by atoms with E-state index in [-0.39, 0.29) is 41.8 Å². The molecule has 28 heavy (non-hydrogen) atoms. The van der Waals surface area contributed by atoms with Crippen molar-refractivity contribution in [2.24, 2.45) is 4.99 Å². The van der Waals surface area contributed by atoms with Gasteiger partial charge in [-0.2, -0.15) is 5.10 Å². The number of hydrogen-bond acceptors (Lipinski definition) is 4. The highest BCUT2D eigenvalue weighted by Crippen LogP contribution is 2.19. The van der Waals surface area contributed by atoms with E-state index < -0.39 is 9.84 Å². The van der Waals surface area contributed by atoms with E-state index >= 15 is 0 Å². The van der Waals surface area contributed by atoms with Crippen molar-refractivity contribution in [2.45, 2.75) is 25.4 Å². The van der Waals surface area contributed by atoms with Gasteiger partial charge >= 0.3 is 0 Å². The van der Waals surface area contributed by atoms with Crippen molar-refractivity contribution in [3.8, 4) is 0 Å². The predicted octanol–water partition coefficient (Wildman–Crippen LogP) is 2.73. The maximum atomic E-state index is 11.3. The number of aliphatic imine (C=N–C) groups is 1. The van der Waals surface area contributed by atoms with Crippen molar-refractivity contribution in [1.82, 2.24) is 20.4 Å². The summed E-state index contributed by atoms with van der Waals surface area (Å²) in [6, 6.07) is 9.47. The third-order valence-electron chi connectivity index (χ3n) is 4.09. The summed E-state index contributed by atoms with van der Waals surface area (Å²) in [5, 5.41) is 11.6. The van der Waals surface area contributed by atoms with E-state index in [0.717, 1.165) is 5.56 Å². The summed E-state index contributed by atoms with van der Waals surface area (Å²) in [7, 11) is -1.29. The van der Waals surface area contributed by atoms with Gasteiger partial charge < -0.3 is 10.6 Å². The minimum atomic E-state index is -2.98. The van der Waals surface area contributed by atoms with Crippen molar-refractivity contribution in [3.05, 3.63) is 53.3 Å². The molecule has 1 heterocycles. The van der Waals surface area contributed by atoms with Crippen LogP contribution in [0.3, 0.4) is 0 Å². The van der Waals surface area contributed by atoms with E-state index in [9.17, 15) is 8.42 Å². The molecule has 2 aromatic rings. The zero-order valence-corrected chi connectivity index (χ0v) is 20.1. The second-order valence-electron chi connectivity index (χ2n) is 6.47. The first-order valence-electron chi connectivity index (χ1n) is 8.68. The topological polar surface area (TPSA) is 88.4 Å². The van der Waals surface area contributed by atoms with Crippen LogP contribution in [0.1, 0.15) is 24.9 Å². The van der Waals surface area contributed by atoms with Crippen LogP contribution >= 0.6 is 35.6 Å². The van der Waals surface area contributed by atoms with Gasteiger partial charge in [0, 0.05) is 43.3 Å². The average molecular weight is 540 g/mol. The molecule has 0 saturated carbocycles. The Morgan fingerprint density at radius 2 is 2.00 bits per heavy atom. The minimum Gasteiger partial charge on any atom is -0.354 e. The van der Waals surface area contributed by atoms with E-state index in [1.165, 1.54) is 6.26 Å². The highest BCUT2D eigenvalue weighted by atomic mass is 127. The standard InChI is InChI=1S/C18H26ClN5O2S.HI/c1-14(9-12-27(3,25)26)23-18(20-2)21-13-17(24-11-4-10-22-24)15-5-7-16(19)8-6-15;/h4-8,10-11,14,17H,9,12-13H2,1-3H3,(H2,20,21,23);1H. The fraction of sp³-hybridized carbons (Fsp3) is 0.444. The van der Waals surface area contributed by atoms with Crippen LogP contribution < -0.4 is 10.6 Å². The Kier molecular flexibility index (Phi) is 10.3. The molecule has 0 saturated heterocycles. The second kappa shape index (κ2) is 11.6. The first kappa shape index (κ1) is 24.7. The largest absolute Gasteiger partial charge is 0.354 e. The average Bonchev–Trinajstić information content (AvgIpc) is 3.14. The minimum absolute atomic E-state index is 0. The lowest BCUT2D eigenvalue weighted by Crippen LogP contribution is -2.44. The molecule has 0 amide bonds. The third kappa shape index (κ3) is 8.36. The van der Waals surface area contributed by atoms with Crippen molar-refractivity contribution in [3.63, 3.8) is 0 Å². The van der Waals surface area contributed by atoms with Crippen LogP contribution in [0.15, 0.2) is 47.7 Å². The van der Waals surface area contributed by atoms with Gasteiger partial charge in [0.05, 0.1) is 11.8 Å². The van der Waals surface area contributed by atoms with E-state index in [1.54, 1.807) is 13.2 Å². The Bertz CT molecular complexity index is 841. The lowest BCUT2D eigenvalue weighted by molar-refractivity contribution is 0.507. The molecule has 1 aromatic carbocycles. The molecule has 2 atom stereocenters. The fourth-order valence-electron chi connectivity index (χ4n) is 2.60. The zero-order chi connectivity index (χ0) is 19.9. The summed E-state index contributed by atoms with van der Waals surface area (Å²) in [4.78, 5) is 4.23. The lowest BCUT2D eigenvalue weighted by Gasteiger charge is -2.22. The normalized spacial score (nSPS) is 14.1. The quantitative estimate of drug-likeness (QED) is 0.306. The first-order chi connectivity index (χ1) is 12.8. The fourth-order valence-corrected chi connectivity index (χ4v) is 3.51. The number of nitrogens with zero attached hydrogens (tertiary/aromatic N) is 3. The van der Waals surface area contributed by atoms with Crippen LogP contribution in [0.4, 0.5) is 0 Å². The van der Waals surface area contributed by atoms with Gasteiger partial charge in [-0.05, 0) is 37.1 Å². The zero-order valence-electron chi connectivity index (χ0n) is 16.2. The van der Waals surface area contributed by atoms with Crippen LogP contribution in [-0.4, -0.2) is 55.8 Å². The Morgan fingerprint density at radius 1 is 1.32 bits per heavy atom. The van der Waals surface area contributed by atoms with E-state index in [0.29, 0.717) is 23.9 Å². The van der Waals surface area contributed by atoms with Gasteiger partial charge in [-0.15, -0.1) is 24.0 Å². The Labute approximate surface area is 188 Å². The highest BCUT2D eigenvalue weighted by Gasteiger charge is 2.16. The second-order valence-corrected chi connectivity index (χ2v) is 9.17. The maximum absolute atomic E-state index is 11.3. The Balaban J connectivity index is 0.00000392. The molecule has 2 N–H and O–H groups in total. The monoisotopic (exact) mass is 539 g/mol. The van der Waals surface area contributed by atoms with Gasteiger partial charge in [-0.25, -0.2) is 8.42 Å². The molecule has 0 aliphatic rings. The third-order valence-corrected chi connectivity index (χ3v) is 5.32. The maximum Gasteiger partial charge on any atom is 0.191 e. The molecule has 0 aliphatic heterocycles.